The molecule has 0 heterocycles. The molecule has 1 aliphatic carbocycles. The maximum atomic E-state index is 13.0. The first kappa shape index (κ1) is 54.1. The first-order chi connectivity index (χ1) is 27.3. The SMILES string of the molecule is CCCCCCCCCC/C=C\CCCCCCCC(O)CC(=O)NC(COP(=O)(O)OC1C(O)C(O)C(O)C(O)C1O)C(O)CCCCCCCCCCCC. The van der Waals surface area contributed by atoms with Crippen molar-refractivity contribution in [3.63, 3.8) is 0 Å². The predicted molar refractivity (Wildman–Crippen MR) is 224 cm³/mol. The first-order valence-corrected chi connectivity index (χ1v) is 24.2. The van der Waals surface area contributed by atoms with Gasteiger partial charge in [-0.2, -0.15) is 0 Å². The number of aliphatic hydroxyl groups excluding tert-OH is 7. The van der Waals surface area contributed by atoms with Crippen LogP contribution in [0.4, 0.5) is 0 Å². The Morgan fingerprint density at radius 3 is 1.44 bits per heavy atom. The predicted octanol–water partition coefficient (Wildman–Crippen LogP) is 7.03. The van der Waals surface area contributed by atoms with Crippen molar-refractivity contribution in [3.8, 4) is 0 Å². The average molecular weight is 838 g/mol. The number of phosphoric acid groups is 1. The number of hydrogen-bond donors (Lipinski definition) is 9. The largest absolute Gasteiger partial charge is 0.472 e. The van der Waals surface area contributed by atoms with E-state index in [2.05, 4.69) is 31.3 Å². The zero-order chi connectivity index (χ0) is 42.3. The normalized spacial score (nSPS) is 24.0. The molecule has 0 saturated heterocycles. The van der Waals surface area contributed by atoms with E-state index in [0.29, 0.717) is 12.8 Å². The van der Waals surface area contributed by atoms with Gasteiger partial charge in [-0.1, -0.05) is 161 Å². The maximum Gasteiger partial charge on any atom is 0.472 e. The average Bonchev–Trinajstić information content (AvgIpc) is 3.18. The lowest BCUT2D eigenvalue weighted by Gasteiger charge is -2.41. The van der Waals surface area contributed by atoms with Crippen molar-refractivity contribution in [2.24, 2.45) is 0 Å². The van der Waals surface area contributed by atoms with Gasteiger partial charge in [0.1, 0.15) is 36.6 Å². The van der Waals surface area contributed by atoms with Crippen molar-refractivity contribution in [2.75, 3.05) is 6.61 Å². The fourth-order valence-corrected chi connectivity index (χ4v) is 8.32. The monoisotopic (exact) mass is 838 g/mol. The van der Waals surface area contributed by atoms with Crippen LogP contribution in [-0.2, 0) is 18.4 Å². The van der Waals surface area contributed by atoms with Crippen molar-refractivity contribution in [2.45, 2.75) is 249 Å². The molecule has 8 unspecified atom stereocenters. The third-order valence-corrected chi connectivity index (χ3v) is 12.1. The fraction of sp³-hybridized carbons (Fsp3) is 0.930. The Labute approximate surface area is 344 Å². The summed E-state index contributed by atoms with van der Waals surface area (Å²) in [7, 11) is -5.11. The lowest BCUT2D eigenvalue weighted by molar-refractivity contribution is -0.220. The standard InChI is InChI=1S/C43H84NO12P/c1-3-5-7-9-11-13-15-16-17-18-19-20-21-22-24-26-28-30-34(45)32-37(47)44-35(36(46)31-29-27-25-23-14-12-10-8-6-4-2)33-55-57(53,54)56-43-41(51)39(49)38(48)40(50)42(43)52/h18-19,34-36,38-43,45-46,48-52H,3-17,20-33H2,1-2H3,(H,44,47)(H,53,54)/b19-18-. The molecule has 13 nitrogen and oxygen atoms in total. The summed E-state index contributed by atoms with van der Waals surface area (Å²) < 4.78 is 22.8. The molecule has 338 valence electrons. The van der Waals surface area contributed by atoms with E-state index in [-0.39, 0.29) is 12.8 Å². The van der Waals surface area contributed by atoms with Crippen LogP contribution in [0.15, 0.2) is 12.2 Å². The van der Waals surface area contributed by atoms with E-state index in [4.69, 9.17) is 9.05 Å². The van der Waals surface area contributed by atoms with E-state index >= 15 is 0 Å². The minimum atomic E-state index is -5.11. The molecule has 0 aliphatic heterocycles. The van der Waals surface area contributed by atoms with Gasteiger partial charge in [-0.3, -0.25) is 13.8 Å². The quantitative estimate of drug-likeness (QED) is 0.0175. The van der Waals surface area contributed by atoms with Crippen LogP contribution >= 0.6 is 7.82 Å². The number of amides is 1. The minimum absolute atomic E-state index is 0.225. The molecular formula is C43H84NO12P. The zero-order valence-corrected chi connectivity index (χ0v) is 36.4. The summed E-state index contributed by atoms with van der Waals surface area (Å²) in [5.74, 6) is -0.566. The van der Waals surface area contributed by atoms with Crippen LogP contribution in [0.25, 0.3) is 0 Å². The van der Waals surface area contributed by atoms with E-state index in [1.807, 2.05) is 0 Å². The first-order valence-electron chi connectivity index (χ1n) is 22.7. The molecule has 0 radical (unpaired) electrons. The molecule has 0 aromatic carbocycles. The topological polar surface area (TPSA) is 226 Å². The molecule has 0 aromatic heterocycles. The van der Waals surface area contributed by atoms with Crippen LogP contribution in [0.1, 0.15) is 194 Å². The van der Waals surface area contributed by atoms with Crippen LogP contribution in [0, 0.1) is 0 Å². The number of rotatable bonds is 37. The molecule has 1 rings (SSSR count). The Bertz CT molecular complexity index is 1040. The lowest BCUT2D eigenvalue weighted by Crippen LogP contribution is -2.64. The number of nitrogens with one attached hydrogen (secondary N) is 1. The van der Waals surface area contributed by atoms with E-state index in [1.54, 1.807) is 0 Å². The van der Waals surface area contributed by atoms with Gasteiger partial charge >= 0.3 is 7.82 Å². The Morgan fingerprint density at radius 1 is 0.596 bits per heavy atom. The van der Waals surface area contributed by atoms with Crippen LogP contribution in [-0.4, -0.2) is 108 Å². The molecule has 1 saturated carbocycles. The Kier molecular flexibility index (Phi) is 32.0. The van der Waals surface area contributed by atoms with Gasteiger partial charge in [0.15, 0.2) is 0 Å². The second kappa shape index (κ2) is 33.7. The van der Waals surface area contributed by atoms with Crippen LogP contribution in [0.3, 0.4) is 0 Å². The summed E-state index contributed by atoms with van der Waals surface area (Å²) in [5.41, 5.74) is 0. The van der Waals surface area contributed by atoms with Gasteiger partial charge in [-0.15, -0.1) is 0 Å². The van der Waals surface area contributed by atoms with Gasteiger partial charge in [0.2, 0.25) is 5.91 Å². The van der Waals surface area contributed by atoms with Gasteiger partial charge in [0.25, 0.3) is 0 Å². The van der Waals surface area contributed by atoms with Gasteiger partial charge in [0, 0.05) is 0 Å². The summed E-state index contributed by atoms with van der Waals surface area (Å²) in [5, 5.41) is 74.4. The number of unbranched alkanes of at least 4 members (excludes halogenated alkanes) is 22. The minimum Gasteiger partial charge on any atom is -0.393 e. The number of hydrogen-bond acceptors (Lipinski definition) is 11. The zero-order valence-electron chi connectivity index (χ0n) is 35.5. The Balaban J connectivity index is 2.50. The number of aliphatic hydroxyl groups is 7. The van der Waals surface area contributed by atoms with Crippen molar-refractivity contribution >= 4 is 13.7 Å². The molecule has 0 aromatic rings. The summed E-state index contributed by atoms with van der Waals surface area (Å²) in [6.45, 7) is 3.75. The van der Waals surface area contributed by atoms with Gasteiger partial charge in [-0.25, -0.2) is 4.57 Å². The summed E-state index contributed by atoms with van der Waals surface area (Å²) in [4.78, 5) is 23.4. The molecule has 57 heavy (non-hydrogen) atoms. The highest BCUT2D eigenvalue weighted by Gasteiger charge is 2.51. The lowest BCUT2D eigenvalue weighted by atomic mass is 9.85. The molecule has 9 N–H and O–H groups in total. The van der Waals surface area contributed by atoms with Gasteiger partial charge < -0.3 is 46.0 Å². The van der Waals surface area contributed by atoms with E-state index in [0.717, 1.165) is 70.6 Å². The molecule has 1 aliphatic rings. The molecule has 0 spiro atoms. The van der Waals surface area contributed by atoms with Crippen molar-refractivity contribution in [1.29, 1.82) is 0 Å². The summed E-state index contributed by atoms with van der Waals surface area (Å²) >= 11 is 0. The Morgan fingerprint density at radius 2 is 0.982 bits per heavy atom. The second-order valence-electron chi connectivity index (χ2n) is 16.4. The number of allylic oxidation sites excluding steroid dienone is 2. The second-order valence-corrected chi connectivity index (χ2v) is 17.8. The Hall–Kier alpha value is -0.960. The van der Waals surface area contributed by atoms with Crippen molar-refractivity contribution in [3.05, 3.63) is 12.2 Å². The van der Waals surface area contributed by atoms with E-state index < -0.39 is 75.2 Å². The number of carbonyl (C=O) groups is 1. The smallest absolute Gasteiger partial charge is 0.393 e. The highest BCUT2D eigenvalue weighted by molar-refractivity contribution is 7.47. The van der Waals surface area contributed by atoms with E-state index in [1.165, 1.54) is 83.5 Å². The molecule has 0 bridgehead atoms. The van der Waals surface area contributed by atoms with Crippen LogP contribution in [0.2, 0.25) is 0 Å². The molecule has 1 amide bonds. The molecular weight excluding hydrogens is 753 g/mol. The third-order valence-electron chi connectivity index (χ3n) is 11.1. The van der Waals surface area contributed by atoms with Crippen LogP contribution < -0.4 is 5.32 Å². The van der Waals surface area contributed by atoms with Gasteiger partial charge in [0.05, 0.1) is 31.3 Å². The van der Waals surface area contributed by atoms with Crippen LogP contribution in [0.5, 0.6) is 0 Å². The fourth-order valence-electron chi connectivity index (χ4n) is 7.36. The van der Waals surface area contributed by atoms with Gasteiger partial charge in [-0.05, 0) is 38.5 Å². The number of carbonyl (C=O) groups excluding carboxylic acids is 1. The number of phosphoric ester groups is 1. The van der Waals surface area contributed by atoms with E-state index in [9.17, 15) is 50.0 Å². The molecule has 14 heteroatoms. The maximum absolute atomic E-state index is 13.0. The third kappa shape index (κ3) is 26.1. The van der Waals surface area contributed by atoms with Crippen molar-refractivity contribution < 1.29 is 59.0 Å². The molecule has 8 atom stereocenters. The van der Waals surface area contributed by atoms with Crippen molar-refractivity contribution in [1.82, 2.24) is 5.32 Å². The summed E-state index contributed by atoms with van der Waals surface area (Å²) in [6, 6.07) is -1.15. The molecule has 1 fully saturated rings. The highest BCUT2D eigenvalue weighted by atomic mass is 31.2. The summed E-state index contributed by atoms with van der Waals surface area (Å²) in [6.07, 6.45) is 19.9. The highest BCUT2D eigenvalue weighted by Crippen LogP contribution is 2.47.